The molecule has 2 rings (SSSR count). The van der Waals surface area contributed by atoms with Crippen LogP contribution in [0.2, 0.25) is 0 Å². The van der Waals surface area contributed by atoms with Gasteiger partial charge in [-0.2, -0.15) is 0 Å². The first kappa shape index (κ1) is 10.7. The second kappa shape index (κ2) is 4.35. The molecule has 16 heavy (non-hydrogen) atoms. The van der Waals surface area contributed by atoms with Crippen LogP contribution in [0, 0.1) is 6.92 Å². The van der Waals surface area contributed by atoms with E-state index in [1.807, 2.05) is 31.2 Å². The highest BCUT2D eigenvalue weighted by Gasteiger charge is 2.26. The fraction of sp³-hybridized carbons (Fsp3) is 0.333. The molecule has 0 spiro atoms. The van der Waals surface area contributed by atoms with Crippen LogP contribution in [-0.2, 0) is 9.59 Å². The van der Waals surface area contributed by atoms with Crippen LogP contribution in [-0.4, -0.2) is 17.9 Å². The molecular weight excluding hydrogens is 204 g/mol. The molecule has 0 unspecified atom stereocenters. The van der Waals surface area contributed by atoms with Gasteiger partial charge in [0.05, 0.1) is 0 Å². The summed E-state index contributed by atoms with van der Waals surface area (Å²) in [7, 11) is 0. The van der Waals surface area contributed by atoms with E-state index < -0.39 is 0 Å². The number of hydrogen-bond acceptors (Lipinski definition) is 2. The Morgan fingerprint density at radius 2 is 2.31 bits per heavy atom. The van der Waals surface area contributed by atoms with Crippen LogP contribution in [0.15, 0.2) is 24.3 Å². The van der Waals surface area contributed by atoms with Crippen molar-refractivity contribution >= 4 is 17.5 Å². The lowest BCUT2D eigenvalue weighted by Gasteiger charge is -2.11. The fourth-order valence-corrected chi connectivity index (χ4v) is 1.76. The highest BCUT2D eigenvalue weighted by atomic mass is 16.2. The number of carbonyl (C=O) groups is 2. The van der Waals surface area contributed by atoms with E-state index in [1.54, 1.807) is 0 Å². The van der Waals surface area contributed by atoms with E-state index in [2.05, 4.69) is 10.6 Å². The molecule has 0 aliphatic carbocycles. The van der Waals surface area contributed by atoms with Crippen molar-refractivity contribution in [1.82, 2.24) is 5.32 Å². The van der Waals surface area contributed by atoms with Gasteiger partial charge in [-0.05, 0) is 31.0 Å². The van der Waals surface area contributed by atoms with Gasteiger partial charge < -0.3 is 10.6 Å². The van der Waals surface area contributed by atoms with Crippen LogP contribution < -0.4 is 10.6 Å². The summed E-state index contributed by atoms with van der Waals surface area (Å²) in [5.74, 6) is -0.194. The van der Waals surface area contributed by atoms with E-state index in [4.69, 9.17) is 0 Å². The van der Waals surface area contributed by atoms with E-state index in [9.17, 15) is 9.59 Å². The lowest BCUT2D eigenvalue weighted by atomic mass is 10.2. The lowest BCUT2D eigenvalue weighted by Crippen LogP contribution is -2.37. The molecule has 1 fully saturated rings. The maximum Gasteiger partial charge on any atom is 0.246 e. The predicted molar refractivity (Wildman–Crippen MR) is 61.0 cm³/mol. The zero-order chi connectivity index (χ0) is 11.5. The second-order valence-electron chi connectivity index (χ2n) is 4.02. The Kier molecular flexibility index (Phi) is 2.90. The third-order valence-electron chi connectivity index (χ3n) is 2.60. The molecule has 1 aromatic carbocycles. The number of hydrogen-bond donors (Lipinski definition) is 2. The van der Waals surface area contributed by atoms with Crippen LogP contribution in [0.1, 0.15) is 18.4 Å². The van der Waals surface area contributed by atoms with Gasteiger partial charge in [0, 0.05) is 12.1 Å². The van der Waals surface area contributed by atoms with Gasteiger partial charge in [0.15, 0.2) is 0 Å². The Hall–Kier alpha value is -1.84. The van der Waals surface area contributed by atoms with Crippen LogP contribution in [0.25, 0.3) is 0 Å². The molecule has 0 radical (unpaired) electrons. The van der Waals surface area contributed by atoms with Gasteiger partial charge in [0.25, 0.3) is 0 Å². The predicted octanol–water partition coefficient (Wildman–Crippen LogP) is 1.21. The van der Waals surface area contributed by atoms with E-state index in [-0.39, 0.29) is 17.9 Å². The van der Waals surface area contributed by atoms with E-state index in [1.165, 1.54) is 0 Å². The van der Waals surface area contributed by atoms with Gasteiger partial charge in [0.2, 0.25) is 11.8 Å². The first-order chi connectivity index (χ1) is 7.65. The molecular formula is C12H14N2O2. The molecule has 1 saturated heterocycles. The molecule has 0 aromatic heterocycles. The molecule has 1 aliphatic heterocycles. The lowest BCUT2D eigenvalue weighted by molar-refractivity contribution is -0.122. The Morgan fingerprint density at radius 3 is 2.94 bits per heavy atom. The van der Waals surface area contributed by atoms with E-state index in [0.29, 0.717) is 12.8 Å². The Bertz CT molecular complexity index is 429. The minimum Gasteiger partial charge on any atom is -0.344 e. The molecule has 2 amide bonds. The van der Waals surface area contributed by atoms with Crippen molar-refractivity contribution in [3.8, 4) is 0 Å². The summed E-state index contributed by atoms with van der Waals surface area (Å²) in [6, 6.07) is 7.20. The number of carbonyl (C=O) groups excluding carboxylic acids is 2. The molecule has 4 heteroatoms. The third-order valence-corrected chi connectivity index (χ3v) is 2.60. The number of aryl methyl sites for hydroxylation is 1. The summed E-state index contributed by atoms with van der Waals surface area (Å²) >= 11 is 0. The summed E-state index contributed by atoms with van der Waals surface area (Å²) in [5, 5.41) is 5.43. The minimum absolute atomic E-state index is 0.0515. The van der Waals surface area contributed by atoms with Crippen LogP contribution in [0.3, 0.4) is 0 Å². The van der Waals surface area contributed by atoms with Crippen molar-refractivity contribution in [3.05, 3.63) is 29.8 Å². The summed E-state index contributed by atoms with van der Waals surface area (Å²) in [5.41, 5.74) is 1.86. The molecule has 1 aromatic rings. The fourth-order valence-electron chi connectivity index (χ4n) is 1.76. The second-order valence-corrected chi connectivity index (χ2v) is 4.02. The smallest absolute Gasteiger partial charge is 0.246 e. The molecule has 1 heterocycles. The Morgan fingerprint density at radius 1 is 1.50 bits per heavy atom. The summed E-state index contributed by atoms with van der Waals surface area (Å²) in [6.45, 7) is 1.97. The van der Waals surface area contributed by atoms with Gasteiger partial charge in [-0.15, -0.1) is 0 Å². The Balaban J connectivity index is 1.99. The number of nitrogens with one attached hydrogen (secondary N) is 2. The SMILES string of the molecule is Cc1cccc(NC(=O)[C@H]2CCC(=O)N2)c1. The topological polar surface area (TPSA) is 58.2 Å². The van der Waals surface area contributed by atoms with Crippen LogP contribution in [0.5, 0.6) is 0 Å². The van der Waals surface area contributed by atoms with E-state index in [0.717, 1.165) is 11.3 Å². The monoisotopic (exact) mass is 218 g/mol. The highest BCUT2D eigenvalue weighted by Crippen LogP contribution is 2.12. The third kappa shape index (κ3) is 2.39. The average Bonchev–Trinajstić information content (AvgIpc) is 2.65. The first-order valence-electron chi connectivity index (χ1n) is 5.32. The quantitative estimate of drug-likeness (QED) is 0.784. The maximum atomic E-state index is 11.7. The molecule has 4 nitrogen and oxygen atoms in total. The largest absolute Gasteiger partial charge is 0.344 e. The minimum atomic E-state index is -0.381. The molecule has 2 N–H and O–H groups in total. The zero-order valence-electron chi connectivity index (χ0n) is 9.12. The summed E-state index contributed by atoms with van der Waals surface area (Å²) < 4.78 is 0. The van der Waals surface area contributed by atoms with Crippen molar-refractivity contribution < 1.29 is 9.59 Å². The first-order valence-corrected chi connectivity index (χ1v) is 5.32. The van der Waals surface area contributed by atoms with Gasteiger partial charge >= 0.3 is 0 Å². The average molecular weight is 218 g/mol. The van der Waals surface area contributed by atoms with Crippen molar-refractivity contribution in [2.24, 2.45) is 0 Å². The van der Waals surface area contributed by atoms with Gasteiger partial charge in [-0.25, -0.2) is 0 Å². The van der Waals surface area contributed by atoms with Gasteiger partial charge in [-0.1, -0.05) is 12.1 Å². The molecule has 0 saturated carbocycles. The van der Waals surface area contributed by atoms with Gasteiger partial charge in [0.1, 0.15) is 6.04 Å². The zero-order valence-corrected chi connectivity index (χ0v) is 9.12. The molecule has 84 valence electrons. The highest BCUT2D eigenvalue weighted by molar-refractivity contribution is 5.98. The summed E-state index contributed by atoms with van der Waals surface area (Å²) in [4.78, 5) is 22.7. The number of rotatable bonds is 2. The Labute approximate surface area is 94.0 Å². The molecule has 1 atom stereocenters. The van der Waals surface area contributed by atoms with Crippen molar-refractivity contribution in [2.45, 2.75) is 25.8 Å². The summed E-state index contributed by atoms with van der Waals surface area (Å²) in [6.07, 6.45) is 1.02. The normalized spacial score (nSPS) is 19.3. The van der Waals surface area contributed by atoms with Crippen LogP contribution >= 0.6 is 0 Å². The number of benzene rings is 1. The van der Waals surface area contributed by atoms with Crippen LogP contribution in [0.4, 0.5) is 5.69 Å². The standard InChI is InChI=1S/C12H14N2O2/c1-8-3-2-4-9(7-8)13-12(16)10-5-6-11(15)14-10/h2-4,7,10H,5-6H2,1H3,(H,13,16)(H,14,15)/t10-/m1/s1. The number of amides is 2. The van der Waals surface area contributed by atoms with Crippen molar-refractivity contribution in [1.29, 1.82) is 0 Å². The number of anilines is 1. The van der Waals surface area contributed by atoms with Gasteiger partial charge in [-0.3, -0.25) is 9.59 Å². The van der Waals surface area contributed by atoms with Crippen molar-refractivity contribution in [2.75, 3.05) is 5.32 Å². The maximum absolute atomic E-state index is 11.7. The van der Waals surface area contributed by atoms with Crippen molar-refractivity contribution in [3.63, 3.8) is 0 Å². The molecule has 1 aliphatic rings. The molecule has 0 bridgehead atoms. The van der Waals surface area contributed by atoms with E-state index >= 15 is 0 Å².